The van der Waals surface area contributed by atoms with Crippen LogP contribution in [0.4, 0.5) is 8.78 Å². The van der Waals surface area contributed by atoms with Crippen LogP contribution in [0.3, 0.4) is 0 Å². The monoisotopic (exact) mass is 338 g/mol. The molecule has 0 aromatic heterocycles. The number of rotatable bonds is 4. The molecule has 0 saturated carbocycles. The second kappa shape index (κ2) is 7.42. The van der Waals surface area contributed by atoms with Gasteiger partial charge in [-0.25, -0.2) is 13.2 Å². The van der Waals surface area contributed by atoms with Crippen LogP contribution in [0.25, 0.3) is 0 Å². The number of ether oxygens (including phenoxy) is 2. The molecule has 0 bridgehead atoms. The predicted molar refractivity (Wildman–Crippen MR) is 58.7 cm³/mol. The van der Waals surface area contributed by atoms with Gasteiger partial charge in [-0.05, 0) is 0 Å². The molecule has 21 heavy (non-hydrogen) atoms. The average Bonchev–Trinajstić information content (AvgIpc) is 2.32. The SMILES string of the molecule is CC1COC(C(=O)OCC(F)(F)S(=O)(=O)[O-])C(C)C1=O.[Na+]. The van der Waals surface area contributed by atoms with Crippen molar-refractivity contribution in [3.8, 4) is 0 Å². The maximum atomic E-state index is 12.8. The largest absolute Gasteiger partial charge is 1.00 e. The van der Waals surface area contributed by atoms with Crippen molar-refractivity contribution in [1.82, 2.24) is 0 Å². The van der Waals surface area contributed by atoms with Gasteiger partial charge in [0.05, 0.1) is 12.5 Å². The molecule has 3 atom stereocenters. The summed E-state index contributed by atoms with van der Waals surface area (Å²) >= 11 is 0. The Morgan fingerprint density at radius 1 is 1.48 bits per heavy atom. The molecule has 0 spiro atoms. The predicted octanol–water partition coefficient (Wildman–Crippen LogP) is -3.09. The molecule has 1 saturated heterocycles. The van der Waals surface area contributed by atoms with Crippen molar-refractivity contribution in [3.63, 3.8) is 0 Å². The Kier molecular flexibility index (Phi) is 7.38. The first-order chi connectivity index (χ1) is 8.97. The summed E-state index contributed by atoms with van der Waals surface area (Å²) in [4.78, 5) is 23.1. The molecule has 1 fully saturated rings. The molecule has 1 heterocycles. The first-order valence-corrected chi connectivity index (χ1v) is 7.03. The molecule has 0 aromatic rings. The average molecular weight is 338 g/mol. The van der Waals surface area contributed by atoms with Crippen LogP contribution in [0.5, 0.6) is 0 Å². The molecular weight excluding hydrogens is 325 g/mol. The molecule has 7 nitrogen and oxygen atoms in total. The standard InChI is InChI=1S/C10H14F2O7S.Na/c1-5-3-18-8(6(2)7(5)13)9(14)19-4-10(11,12)20(15,16)17;/h5-6,8H,3-4H2,1-2H3,(H,15,16,17);/q;+1/p-1. The number of halogens is 2. The van der Waals surface area contributed by atoms with Crippen LogP contribution in [-0.2, 0) is 29.2 Å². The zero-order valence-corrected chi connectivity index (χ0v) is 14.5. The van der Waals surface area contributed by atoms with Crippen LogP contribution >= 0.6 is 0 Å². The van der Waals surface area contributed by atoms with Crippen molar-refractivity contribution in [2.24, 2.45) is 11.8 Å². The molecule has 116 valence electrons. The zero-order valence-electron chi connectivity index (χ0n) is 11.7. The molecule has 0 aromatic carbocycles. The Balaban J connectivity index is 0.00000400. The first-order valence-electron chi connectivity index (χ1n) is 5.62. The maximum Gasteiger partial charge on any atom is 1.00 e. The van der Waals surface area contributed by atoms with E-state index in [0.29, 0.717) is 0 Å². The van der Waals surface area contributed by atoms with E-state index in [1.54, 1.807) is 6.92 Å². The van der Waals surface area contributed by atoms with E-state index in [0.717, 1.165) is 0 Å². The molecule has 0 aliphatic carbocycles. The van der Waals surface area contributed by atoms with Crippen LogP contribution in [0.2, 0.25) is 0 Å². The van der Waals surface area contributed by atoms with Gasteiger partial charge in [-0.1, -0.05) is 13.8 Å². The van der Waals surface area contributed by atoms with E-state index in [2.05, 4.69) is 4.74 Å². The molecule has 0 amide bonds. The molecule has 1 aliphatic heterocycles. The van der Waals surface area contributed by atoms with Crippen LogP contribution in [-0.4, -0.2) is 49.3 Å². The Morgan fingerprint density at radius 3 is 2.48 bits per heavy atom. The van der Waals surface area contributed by atoms with E-state index in [-0.39, 0.29) is 41.9 Å². The summed E-state index contributed by atoms with van der Waals surface area (Å²) < 4.78 is 65.4. The van der Waals surface area contributed by atoms with Crippen LogP contribution in [0, 0.1) is 11.8 Å². The van der Waals surface area contributed by atoms with Crippen LogP contribution in [0.1, 0.15) is 13.8 Å². The van der Waals surface area contributed by atoms with Crippen LogP contribution < -0.4 is 29.6 Å². The van der Waals surface area contributed by atoms with Crippen LogP contribution in [0.15, 0.2) is 0 Å². The van der Waals surface area contributed by atoms with E-state index in [1.807, 2.05) is 0 Å². The Morgan fingerprint density at radius 2 is 2.00 bits per heavy atom. The number of esters is 1. The second-order valence-corrected chi connectivity index (χ2v) is 6.05. The number of hydrogen-bond acceptors (Lipinski definition) is 7. The molecule has 0 radical (unpaired) electrons. The van der Waals surface area contributed by atoms with Gasteiger partial charge >= 0.3 is 40.8 Å². The normalized spacial score (nSPS) is 26.9. The fourth-order valence-electron chi connectivity index (χ4n) is 1.65. The second-order valence-electron chi connectivity index (χ2n) is 4.55. The van der Waals surface area contributed by atoms with Gasteiger partial charge in [-0.3, -0.25) is 4.79 Å². The Bertz CT molecular complexity index is 508. The van der Waals surface area contributed by atoms with E-state index in [9.17, 15) is 31.3 Å². The molecular formula is C10H13F2NaO7S. The number of Topliss-reactive ketones (excluding diaryl/α,β-unsaturated/α-hetero) is 1. The fraction of sp³-hybridized carbons (Fsp3) is 0.800. The zero-order chi connectivity index (χ0) is 15.7. The number of carbonyl (C=O) groups is 2. The summed E-state index contributed by atoms with van der Waals surface area (Å²) in [5, 5.41) is -4.72. The molecule has 11 heteroatoms. The number of carbonyl (C=O) groups excluding carboxylic acids is 2. The van der Waals surface area contributed by atoms with Gasteiger partial charge < -0.3 is 14.0 Å². The number of hydrogen-bond donors (Lipinski definition) is 0. The van der Waals surface area contributed by atoms with Crippen molar-refractivity contribution in [2.75, 3.05) is 13.2 Å². The Hall–Kier alpha value is -0.130. The molecule has 0 N–H and O–H groups in total. The van der Waals surface area contributed by atoms with Crippen molar-refractivity contribution in [3.05, 3.63) is 0 Å². The smallest absolute Gasteiger partial charge is 0.743 e. The third-order valence-electron chi connectivity index (χ3n) is 2.89. The van der Waals surface area contributed by atoms with Gasteiger partial charge in [0.15, 0.2) is 22.8 Å². The van der Waals surface area contributed by atoms with Gasteiger partial charge in [-0.15, -0.1) is 0 Å². The van der Waals surface area contributed by atoms with Gasteiger partial charge in [0, 0.05) is 5.92 Å². The molecule has 1 rings (SSSR count). The summed E-state index contributed by atoms with van der Waals surface area (Å²) in [6.07, 6.45) is -1.39. The van der Waals surface area contributed by atoms with E-state index < -0.39 is 45.9 Å². The first kappa shape index (κ1) is 20.9. The summed E-state index contributed by atoms with van der Waals surface area (Å²) in [5.41, 5.74) is 0. The summed E-state index contributed by atoms with van der Waals surface area (Å²) in [6.45, 7) is 0.970. The quantitative estimate of drug-likeness (QED) is 0.304. The van der Waals surface area contributed by atoms with Gasteiger partial charge in [-0.2, -0.15) is 8.78 Å². The van der Waals surface area contributed by atoms with Gasteiger partial charge in [0.2, 0.25) is 0 Å². The Labute approximate surface area is 142 Å². The minimum atomic E-state index is -5.93. The third kappa shape index (κ3) is 4.93. The van der Waals surface area contributed by atoms with Gasteiger partial charge in [0.1, 0.15) is 5.78 Å². The van der Waals surface area contributed by atoms with Crippen molar-refractivity contribution >= 4 is 21.9 Å². The maximum absolute atomic E-state index is 12.8. The topological polar surface area (TPSA) is 110 Å². The number of alkyl halides is 2. The fourth-order valence-corrected chi connectivity index (χ4v) is 1.86. The number of ketones is 1. The summed E-state index contributed by atoms with van der Waals surface area (Å²) in [7, 11) is -5.93. The minimum Gasteiger partial charge on any atom is -0.743 e. The van der Waals surface area contributed by atoms with Crippen molar-refractivity contribution in [2.45, 2.75) is 25.2 Å². The molecule has 1 aliphatic rings. The van der Waals surface area contributed by atoms with E-state index >= 15 is 0 Å². The summed E-state index contributed by atoms with van der Waals surface area (Å²) in [5.74, 6) is -2.93. The summed E-state index contributed by atoms with van der Waals surface area (Å²) in [6, 6.07) is 0. The van der Waals surface area contributed by atoms with Crippen molar-refractivity contribution < 1.29 is 70.4 Å². The van der Waals surface area contributed by atoms with E-state index in [4.69, 9.17) is 4.74 Å². The van der Waals surface area contributed by atoms with Crippen molar-refractivity contribution in [1.29, 1.82) is 0 Å². The third-order valence-corrected chi connectivity index (χ3v) is 3.74. The van der Waals surface area contributed by atoms with Gasteiger partial charge in [0.25, 0.3) is 0 Å². The van der Waals surface area contributed by atoms with E-state index in [1.165, 1.54) is 6.92 Å². The minimum absolute atomic E-state index is 0. The molecule has 3 unspecified atom stereocenters.